The summed E-state index contributed by atoms with van der Waals surface area (Å²) >= 11 is 0. The maximum Gasteiger partial charge on any atom is 0.239 e. The van der Waals surface area contributed by atoms with Crippen LogP contribution in [-0.2, 0) is 29.3 Å². The number of hydrogen-bond donors (Lipinski definition) is 2. The second-order valence-corrected chi connectivity index (χ2v) is 23.8. The molecule has 2 fully saturated rings. The van der Waals surface area contributed by atoms with E-state index in [4.69, 9.17) is 9.47 Å². The molecule has 0 aliphatic carbocycles. The topological polar surface area (TPSA) is 89.6 Å². The van der Waals surface area contributed by atoms with Crippen LogP contribution in [0.25, 0.3) is 0 Å². The number of amides is 1. The maximum atomic E-state index is 13.7. The van der Waals surface area contributed by atoms with E-state index in [0.717, 1.165) is 95.7 Å². The first-order valence-corrected chi connectivity index (χ1v) is 29.8. The second-order valence-electron chi connectivity index (χ2n) is 23.8. The number of piperidine rings is 2. The third-order valence-corrected chi connectivity index (χ3v) is 15.3. The number of ether oxygens (including phenoxy) is 2. The highest BCUT2D eigenvalue weighted by atomic mass is 16.5. The summed E-state index contributed by atoms with van der Waals surface area (Å²) in [4.78, 5) is 35.0. The van der Waals surface area contributed by atoms with Crippen LogP contribution in [0.4, 0.5) is 11.4 Å². The molecule has 5 aromatic rings. The highest BCUT2D eigenvalue weighted by Crippen LogP contribution is 2.30. The number of anilines is 2. The number of likely N-dealkylation sites (tertiary alicyclic amines) is 2. The van der Waals surface area contributed by atoms with Crippen molar-refractivity contribution in [1.82, 2.24) is 20.4 Å². The zero-order chi connectivity index (χ0) is 55.7. The van der Waals surface area contributed by atoms with Gasteiger partial charge in [-0.25, -0.2) is 0 Å². The molecule has 2 aliphatic heterocycles. The highest BCUT2D eigenvalue weighted by Gasteiger charge is 2.32. The predicted molar refractivity (Wildman–Crippen MR) is 326 cm³/mol. The van der Waals surface area contributed by atoms with E-state index < -0.39 is 0 Å². The summed E-state index contributed by atoms with van der Waals surface area (Å²) in [6, 6.07) is 49.4. The Balaban J connectivity index is 0.000000254. The third kappa shape index (κ3) is 21.5. The van der Waals surface area contributed by atoms with Crippen LogP contribution in [0.2, 0.25) is 0 Å². The first kappa shape index (κ1) is 61.5. The molecule has 2 aliphatic rings. The van der Waals surface area contributed by atoms with Crippen molar-refractivity contribution in [2.75, 3.05) is 55.6 Å². The number of nitrogens with zero attached hydrogens (tertiary/aromatic N) is 4. The van der Waals surface area contributed by atoms with E-state index in [1.165, 1.54) is 47.3 Å². The summed E-state index contributed by atoms with van der Waals surface area (Å²) in [5.74, 6) is 4.33. The van der Waals surface area contributed by atoms with Gasteiger partial charge in [-0.15, -0.1) is 0 Å². The van der Waals surface area contributed by atoms with Crippen LogP contribution in [0.3, 0.4) is 0 Å². The minimum absolute atomic E-state index is 0.0429. The number of aldehydes is 1. The quantitative estimate of drug-likeness (QED) is 0.0455. The first-order valence-electron chi connectivity index (χ1n) is 29.8. The molecule has 0 spiro atoms. The van der Waals surface area contributed by atoms with Crippen molar-refractivity contribution in [3.63, 3.8) is 0 Å². The average Bonchev–Trinajstić information content (AvgIpc) is 3.47. The Kier molecular flexibility index (Phi) is 26.1. The lowest BCUT2D eigenvalue weighted by Crippen LogP contribution is -2.52. The Morgan fingerprint density at radius 3 is 1.41 bits per heavy atom. The van der Waals surface area contributed by atoms with E-state index >= 15 is 0 Å². The average molecular weight is 1060 g/mol. The van der Waals surface area contributed by atoms with Gasteiger partial charge in [-0.05, 0) is 140 Å². The molecule has 7 rings (SSSR count). The van der Waals surface area contributed by atoms with Crippen molar-refractivity contribution in [1.29, 1.82) is 0 Å². The molecule has 0 aromatic heterocycles. The van der Waals surface area contributed by atoms with Gasteiger partial charge in [-0.2, -0.15) is 0 Å². The molecule has 0 bridgehead atoms. The summed E-state index contributed by atoms with van der Waals surface area (Å²) in [7, 11) is 0. The van der Waals surface area contributed by atoms with Crippen LogP contribution < -0.4 is 29.9 Å². The molecule has 2 N–H and O–H groups in total. The lowest BCUT2D eigenvalue weighted by atomic mass is 9.97. The fraction of sp³-hybridized carbons (Fsp3) is 0.529. The second kappa shape index (κ2) is 33.0. The normalized spacial score (nSPS) is 15.7. The van der Waals surface area contributed by atoms with E-state index in [2.05, 4.69) is 190 Å². The van der Waals surface area contributed by atoms with Crippen LogP contribution in [0.5, 0.6) is 11.5 Å². The standard InChI is InChI=1S/C36H49N3O2.C32H49N3O2/c1-28(2)19-24-39(32-15-17-34(18-16-32)41-27-31-13-9-6-10-14-31)33-20-22-38(23-21-33)36(40)35(25-29(3)4)37-26-30-11-7-5-8-12-30;1-25(2)15-20-35(30-11-13-32(14-12-30)37-24-28-9-7-6-8-10-28)31-16-18-34(19-17-31)22-27(5)21-29(23-36)33-26(3)4/h5-18,28-29,33,35,37H,19-27H2,1-4H3;6-14,23,25-27,29,31,33H,15-22,24H2,1-5H3. The van der Waals surface area contributed by atoms with Gasteiger partial charge in [0.2, 0.25) is 5.91 Å². The van der Waals surface area contributed by atoms with E-state index in [1.54, 1.807) is 0 Å². The van der Waals surface area contributed by atoms with E-state index in [-0.39, 0.29) is 18.0 Å². The molecule has 3 unspecified atom stereocenters. The van der Waals surface area contributed by atoms with Crippen molar-refractivity contribution < 1.29 is 19.1 Å². The molecule has 0 saturated carbocycles. The largest absolute Gasteiger partial charge is 0.489 e. The van der Waals surface area contributed by atoms with Gasteiger partial charge in [0, 0.05) is 81.9 Å². The maximum absolute atomic E-state index is 13.7. The number of nitrogens with one attached hydrogen (secondary N) is 2. The van der Waals surface area contributed by atoms with Gasteiger partial charge in [0.1, 0.15) is 31.0 Å². The van der Waals surface area contributed by atoms with E-state index in [1.807, 2.05) is 42.5 Å². The summed E-state index contributed by atoms with van der Waals surface area (Å²) in [6.45, 7) is 29.0. The fourth-order valence-corrected chi connectivity index (χ4v) is 10.9. The number of hydrogen-bond acceptors (Lipinski definition) is 9. The molecule has 78 heavy (non-hydrogen) atoms. The summed E-state index contributed by atoms with van der Waals surface area (Å²) in [5.41, 5.74) is 6.11. The number of carbonyl (C=O) groups excluding carboxylic acids is 2. The SMILES string of the molecule is CC(C)CCN(c1ccc(OCc2ccccc2)cc1)C1CCN(C(=O)C(CC(C)C)NCc2ccccc2)CC1.CC(C)CCN(c1ccc(OCc2ccccc2)cc1)C1CCN(CC(C)CC(C=O)NC(C)C)CC1. The fourth-order valence-electron chi connectivity index (χ4n) is 10.9. The molecule has 10 nitrogen and oxygen atoms in total. The Hall–Kier alpha value is -5.68. The monoisotopic (exact) mass is 1060 g/mol. The smallest absolute Gasteiger partial charge is 0.239 e. The molecule has 10 heteroatoms. The van der Waals surface area contributed by atoms with Gasteiger partial charge in [0.15, 0.2) is 0 Å². The van der Waals surface area contributed by atoms with Crippen molar-refractivity contribution in [3.05, 3.63) is 156 Å². The van der Waals surface area contributed by atoms with E-state index in [9.17, 15) is 9.59 Å². The lowest BCUT2D eigenvalue weighted by Gasteiger charge is -2.41. The van der Waals surface area contributed by atoms with Gasteiger partial charge in [-0.3, -0.25) is 4.79 Å². The van der Waals surface area contributed by atoms with Crippen LogP contribution in [-0.4, -0.2) is 98.0 Å². The van der Waals surface area contributed by atoms with Gasteiger partial charge >= 0.3 is 0 Å². The highest BCUT2D eigenvalue weighted by molar-refractivity contribution is 5.82. The molecule has 0 radical (unpaired) electrons. The molecule has 5 aromatic carbocycles. The van der Waals surface area contributed by atoms with Crippen LogP contribution in [0.1, 0.15) is 130 Å². The first-order chi connectivity index (χ1) is 37.7. The number of rotatable bonds is 29. The van der Waals surface area contributed by atoms with E-state index in [0.29, 0.717) is 61.6 Å². The van der Waals surface area contributed by atoms with Crippen molar-refractivity contribution in [2.45, 2.75) is 164 Å². The van der Waals surface area contributed by atoms with Crippen molar-refractivity contribution >= 4 is 23.6 Å². The summed E-state index contributed by atoms with van der Waals surface area (Å²) < 4.78 is 12.1. The Labute approximate surface area is 471 Å². The van der Waals surface area contributed by atoms with Crippen molar-refractivity contribution in [3.8, 4) is 11.5 Å². The molecule has 1 amide bonds. The van der Waals surface area contributed by atoms with Gasteiger partial charge in [0.05, 0.1) is 12.1 Å². The van der Waals surface area contributed by atoms with Crippen molar-refractivity contribution in [2.24, 2.45) is 23.7 Å². The molecule has 2 saturated heterocycles. The Morgan fingerprint density at radius 1 is 0.564 bits per heavy atom. The van der Waals surface area contributed by atoms with Gasteiger partial charge < -0.3 is 44.5 Å². The van der Waals surface area contributed by atoms with Gasteiger partial charge in [-0.1, -0.05) is 153 Å². The molecular formula is C68H98N6O4. The summed E-state index contributed by atoms with van der Waals surface area (Å²) in [6.07, 6.45) is 9.51. The molecule has 3 atom stereocenters. The zero-order valence-electron chi connectivity index (χ0n) is 49.2. The molecular weight excluding hydrogens is 965 g/mol. The predicted octanol–water partition coefficient (Wildman–Crippen LogP) is 13.5. The molecule has 2 heterocycles. The summed E-state index contributed by atoms with van der Waals surface area (Å²) in [5, 5.41) is 6.95. The van der Waals surface area contributed by atoms with Gasteiger partial charge in [0.25, 0.3) is 0 Å². The molecule has 424 valence electrons. The van der Waals surface area contributed by atoms with Crippen LogP contribution >= 0.6 is 0 Å². The third-order valence-electron chi connectivity index (χ3n) is 15.3. The Bertz CT molecular complexity index is 2380. The van der Waals surface area contributed by atoms with Crippen LogP contribution in [0, 0.1) is 23.7 Å². The lowest BCUT2D eigenvalue weighted by molar-refractivity contribution is -0.135. The zero-order valence-corrected chi connectivity index (χ0v) is 49.2. The number of benzene rings is 5. The van der Waals surface area contributed by atoms with Crippen LogP contribution in [0.15, 0.2) is 140 Å². The number of carbonyl (C=O) groups is 2. The minimum Gasteiger partial charge on any atom is -0.489 e. The minimum atomic E-state index is -0.146. The Morgan fingerprint density at radius 2 is 1.00 bits per heavy atom.